The number of benzene rings is 2. The molecule has 4 rings (SSSR count). The third-order valence-electron chi connectivity index (χ3n) is 4.84. The van der Waals surface area contributed by atoms with Crippen LogP contribution >= 0.6 is 0 Å². The van der Waals surface area contributed by atoms with E-state index in [0.29, 0.717) is 19.5 Å². The van der Waals surface area contributed by atoms with Crippen LogP contribution in [0.1, 0.15) is 11.1 Å². The van der Waals surface area contributed by atoms with Crippen molar-refractivity contribution in [2.45, 2.75) is 19.4 Å². The van der Waals surface area contributed by atoms with E-state index in [1.807, 2.05) is 48.5 Å². The van der Waals surface area contributed by atoms with Crippen LogP contribution in [0.15, 0.2) is 73.2 Å². The van der Waals surface area contributed by atoms with E-state index in [4.69, 9.17) is 0 Å². The molecule has 2 aromatic heterocycles. The van der Waals surface area contributed by atoms with Gasteiger partial charge in [-0.05, 0) is 17.5 Å². The first-order valence-electron chi connectivity index (χ1n) is 10.0. The normalized spacial score (nSPS) is 10.8. The van der Waals surface area contributed by atoms with Crippen LogP contribution in [0.4, 0.5) is 5.82 Å². The largest absolute Gasteiger partial charge is 0.369 e. The monoisotopic (exact) mass is 400 g/mol. The Morgan fingerprint density at radius 2 is 1.63 bits per heavy atom. The van der Waals surface area contributed by atoms with Crippen LogP contribution in [-0.2, 0) is 24.2 Å². The van der Waals surface area contributed by atoms with Gasteiger partial charge in [0.25, 0.3) is 0 Å². The molecule has 0 aliphatic carbocycles. The highest BCUT2D eigenvalue weighted by Crippen LogP contribution is 2.18. The van der Waals surface area contributed by atoms with Gasteiger partial charge in [0.05, 0.1) is 24.5 Å². The fourth-order valence-corrected chi connectivity index (χ4v) is 3.31. The van der Waals surface area contributed by atoms with E-state index in [1.54, 1.807) is 17.2 Å². The van der Waals surface area contributed by atoms with Crippen LogP contribution in [-0.4, -0.2) is 38.7 Å². The first-order chi connectivity index (χ1) is 14.8. The maximum Gasteiger partial charge on any atom is 0.224 e. The third kappa shape index (κ3) is 5.00. The molecule has 0 fully saturated rings. The maximum absolute atomic E-state index is 12.1. The predicted octanol–water partition coefficient (Wildman–Crippen LogP) is 2.84. The zero-order chi connectivity index (χ0) is 20.6. The van der Waals surface area contributed by atoms with Crippen LogP contribution in [0.5, 0.6) is 0 Å². The van der Waals surface area contributed by atoms with E-state index in [0.717, 1.165) is 35.4 Å². The molecule has 0 saturated carbocycles. The van der Waals surface area contributed by atoms with Gasteiger partial charge in [0.15, 0.2) is 5.65 Å². The summed E-state index contributed by atoms with van der Waals surface area (Å²) in [6.07, 6.45) is 4.59. The summed E-state index contributed by atoms with van der Waals surface area (Å²) >= 11 is 0. The van der Waals surface area contributed by atoms with E-state index in [1.165, 1.54) is 5.56 Å². The zero-order valence-corrected chi connectivity index (χ0v) is 16.7. The number of nitrogens with one attached hydrogen (secondary N) is 2. The summed E-state index contributed by atoms with van der Waals surface area (Å²) in [5.41, 5.74) is 3.03. The van der Waals surface area contributed by atoms with Gasteiger partial charge in [0.1, 0.15) is 12.1 Å². The topological polar surface area (TPSA) is 84.7 Å². The van der Waals surface area contributed by atoms with Crippen molar-refractivity contribution in [3.8, 4) is 0 Å². The van der Waals surface area contributed by atoms with E-state index in [9.17, 15) is 4.79 Å². The van der Waals surface area contributed by atoms with Crippen molar-refractivity contribution < 1.29 is 4.79 Å². The summed E-state index contributed by atoms with van der Waals surface area (Å²) in [5, 5.41) is 11.6. The quantitative estimate of drug-likeness (QED) is 0.451. The summed E-state index contributed by atoms with van der Waals surface area (Å²) < 4.78 is 1.79. The minimum absolute atomic E-state index is 0.00412. The Kier molecular flexibility index (Phi) is 6.29. The molecular formula is C23H24N6O. The SMILES string of the molecule is O=C(Cc1ccccc1)NCCn1ncc2c(NCCc3ccccc3)ncnc21. The summed E-state index contributed by atoms with van der Waals surface area (Å²) in [4.78, 5) is 20.8. The number of amides is 1. The molecule has 0 atom stereocenters. The lowest BCUT2D eigenvalue weighted by Crippen LogP contribution is -2.28. The van der Waals surface area contributed by atoms with E-state index in [-0.39, 0.29) is 5.91 Å². The summed E-state index contributed by atoms with van der Waals surface area (Å²) in [6, 6.07) is 20.0. The van der Waals surface area contributed by atoms with E-state index < -0.39 is 0 Å². The first kappa shape index (κ1) is 19.6. The highest BCUT2D eigenvalue weighted by molar-refractivity contribution is 5.86. The smallest absolute Gasteiger partial charge is 0.224 e. The van der Waals surface area contributed by atoms with Gasteiger partial charge < -0.3 is 10.6 Å². The van der Waals surface area contributed by atoms with Gasteiger partial charge in [-0.2, -0.15) is 5.10 Å². The van der Waals surface area contributed by atoms with Gasteiger partial charge in [-0.15, -0.1) is 0 Å². The molecule has 1 amide bonds. The van der Waals surface area contributed by atoms with E-state index >= 15 is 0 Å². The molecule has 0 aliphatic rings. The van der Waals surface area contributed by atoms with Crippen LogP contribution in [0.3, 0.4) is 0 Å². The number of aromatic nitrogens is 4. The molecule has 2 N–H and O–H groups in total. The zero-order valence-electron chi connectivity index (χ0n) is 16.7. The second-order valence-electron chi connectivity index (χ2n) is 7.00. The Bertz CT molecular complexity index is 1090. The molecule has 7 heteroatoms. The van der Waals surface area contributed by atoms with Gasteiger partial charge in [-0.1, -0.05) is 60.7 Å². The Balaban J connectivity index is 1.32. The number of carbonyl (C=O) groups excluding carboxylic acids is 1. The molecule has 0 saturated heterocycles. The number of rotatable bonds is 9. The lowest BCUT2D eigenvalue weighted by molar-refractivity contribution is -0.120. The number of anilines is 1. The molecule has 30 heavy (non-hydrogen) atoms. The van der Waals surface area contributed by atoms with Gasteiger partial charge in [0.2, 0.25) is 5.91 Å². The Morgan fingerprint density at radius 1 is 0.900 bits per heavy atom. The predicted molar refractivity (Wildman–Crippen MR) is 117 cm³/mol. The second kappa shape index (κ2) is 9.65. The molecule has 0 unspecified atom stereocenters. The van der Waals surface area contributed by atoms with Crippen LogP contribution in [0, 0.1) is 0 Å². The Morgan fingerprint density at radius 3 is 2.40 bits per heavy atom. The fourth-order valence-electron chi connectivity index (χ4n) is 3.31. The molecule has 2 heterocycles. The standard InChI is InChI=1S/C23H24N6O/c30-21(15-19-9-5-2-6-10-19)24-13-14-29-23-20(16-28-29)22(26-17-27-23)25-12-11-18-7-3-1-4-8-18/h1-10,16-17H,11-15H2,(H,24,30)(H,25,26,27). The molecule has 0 aliphatic heterocycles. The molecule has 152 valence electrons. The Hall–Kier alpha value is -3.74. The maximum atomic E-state index is 12.1. The molecular weight excluding hydrogens is 376 g/mol. The van der Waals surface area contributed by atoms with E-state index in [2.05, 4.69) is 37.8 Å². The number of hydrogen-bond donors (Lipinski definition) is 2. The lowest BCUT2D eigenvalue weighted by atomic mass is 10.1. The van der Waals surface area contributed by atoms with Crippen molar-refractivity contribution in [1.82, 2.24) is 25.1 Å². The van der Waals surface area contributed by atoms with Crippen LogP contribution < -0.4 is 10.6 Å². The van der Waals surface area contributed by atoms with Gasteiger partial charge in [-0.3, -0.25) is 4.79 Å². The van der Waals surface area contributed by atoms with Crippen molar-refractivity contribution in [3.05, 3.63) is 84.3 Å². The summed E-state index contributed by atoms with van der Waals surface area (Å²) in [7, 11) is 0. The van der Waals surface area contributed by atoms with Gasteiger partial charge in [-0.25, -0.2) is 14.6 Å². The first-order valence-corrected chi connectivity index (χ1v) is 10.0. The second-order valence-corrected chi connectivity index (χ2v) is 7.00. The average molecular weight is 400 g/mol. The number of carbonyl (C=O) groups is 1. The molecule has 0 radical (unpaired) electrons. The third-order valence-corrected chi connectivity index (χ3v) is 4.84. The Labute approximate surface area is 175 Å². The number of fused-ring (bicyclic) bond motifs is 1. The lowest BCUT2D eigenvalue weighted by Gasteiger charge is -2.08. The molecule has 7 nitrogen and oxygen atoms in total. The fraction of sp³-hybridized carbons (Fsp3) is 0.217. The van der Waals surface area contributed by atoms with Crippen molar-refractivity contribution >= 4 is 22.8 Å². The van der Waals surface area contributed by atoms with Crippen molar-refractivity contribution in [2.24, 2.45) is 0 Å². The minimum atomic E-state index is -0.00412. The molecule has 0 spiro atoms. The number of hydrogen-bond acceptors (Lipinski definition) is 5. The highest BCUT2D eigenvalue weighted by atomic mass is 16.1. The molecule has 2 aromatic carbocycles. The van der Waals surface area contributed by atoms with Crippen LogP contribution in [0.2, 0.25) is 0 Å². The van der Waals surface area contributed by atoms with Crippen molar-refractivity contribution in [1.29, 1.82) is 0 Å². The summed E-state index contributed by atoms with van der Waals surface area (Å²) in [6.45, 7) is 1.81. The summed E-state index contributed by atoms with van der Waals surface area (Å²) in [5.74, 6) is 0.769. The van der Waals surface area contributed by atoms with Crippen molar-refractivity contribution in [3.63, 3.8) is 0 Å². The minimum Gasteiger partial charge on any atom is -0.369 e. The van der Waals surface area contributed by atoms with Crippen molar-refractivity contribution in [2.75, 3.05) is 18.4 Å². The molecule has 0 bridgehead atoms. The highest BCUT2D eigenvalue weighted by Gasteiger charge is 2.10. The molecule has 4 aromatic rings. The van der Waals surface area contributed by atoms with Gasteiger partial charge >= 0.3 is 0 Å². The van der Waals surface area contributed by atoms with Gasteiger partial charge in [0, 0.05) is 13.1 Å². The average Bonchev–Trinajstić information content (AvgIpc) is 3.19. The number of nitrogens with zero attached hydrogens (tertiary/aromatic N) is 4. The van der Waals surface area contributed by atoms with Crippen LogP contribution in [0.25, 0.3) is 11.0 Å².